The maximum Gasteiger partial charge on any atom is 0.304 e. The summed E-state index contributed by atoms with van der Waals surface area (Å²) in [7, 11) is 1.65. The molecule has 0 bridgehead atoms. The molecule has 2 heterocycles. The van der Waals surface area contributed by atoms with Gasteiger partial charge in [-0.25, -0.2) is 4.98 Å². The van der Waals surface area contributed by atoms with Gasteiger partial charge in [0.1, 0.15) is 30.5 Å². The molecule has 1 aliphatic rings. The number of thioether (sulfide) groups is 1. The SMILES string of the molecule is COc1ccc2nc(COc3ccc4c(c3)C(SCCC(=O)O)c3ccccc3CO4)ccc2c1. The maximum atomic E-state index is 11.1. The van der Waals surface area contributed by atoms with Crippen LogP contribution >= 0.6 is 11.8 Å². The average Bonchev–Trinajstić information content (AvgIpc) is 3.03. The summed E-state index contributed by atoms with van der Waals surface area (Å²) in [4.78, 5) is 15.8. The first kappa shape index (κ1) is 23.1. The molecule has 7 heteroatoms. The number of methoxy groups -OCH3 is 1. The van der Waals surface area contributed by atoms with Crippen molar-refractivity contribution in [2.75, 3.05) is 12.9 Å². The van der Waals surface area contributed by atoms with Crippen molar-refractivity contribution in [1.29, 1.82) is 0 Å². The highest BCUT2D eigenvalue weighted by Gasteiger charge is 2.26. The Balaban J connectivity index is 1.39. The van der Waals surface area contributed by atoms with Crippen molar-refractivity contribution in [1.82, 2.24) is 4.98 Å². The monoisotopic (exact) mass is 487 g/mol. The molecule has 3 aromatic carbocycles. The van der Waals surface area contributed by atoms with Crippen LogP contribution in [0, 0.1) is 0 Å². The summed E-state index contributed by atoms with van der Waals surface area (Å²) >= 11 is 1.61. The van der Waals surface area contributed by atoms with Crippen LogP contribution in [0.5, 0.6) is 17.2 Å². The Labute approximate surface area is 207 Å². The van der Waals surface area contributed by atoms with E-state index in [-0.39, 0.29) is 11.7 Å². The number of carbonyl (C=O) groups is 1. The molecule has 1 aliphatic heterocycles. The first-order valence-electron chi connectivity index (χ1n) is 11.3. The lowest BCUT2D eigenvalue weighted by Gasteiger charge is -2.19. The molecule has 0 amide bonds. The lowest BCUT2D eigenvalue weighted by molar-refractivity contribution is -0.136. The summed E-state index contributed by atoms with van der Waals surface area (Å²) in [5.41, 5.74) is 4.95. The number of carboxylic acid groups (broad SMARTS) is 1. The molecule has 0 saturated carbocycles. The van der Waals surface area contributed by atoms with Gasteiger partial charge < -0.3 is 19.3 Å². The van der Waals surface area contributed by atoms with Gasteiger partial charge in [0.05, 0.1) is 30.0 Å². The molecule has 1 N–H and O–H groups in total. The molecule has 1 atom stereocenters. The van der Waals surface area contributed by atoms with Gasteiger partial charge in [-0.15, -0.1) is 11.8 Å². The summed E-state index contributed by atoms with van der Waals surface area (Å²) in [6, 6.07) is 23.8. The summed E-state index contributed by atoms with van der Waals surface area (Å²) in [6.07, 6.45) is 0.106. The molecule has 0 spiro atoms. The number of aromatic nitrogens is 1. The fourth-order valence-electron chi connectivity index (χ4n) is 4.15. The van der Waals surface area contributed by atoms with E-state index in [1.165, 1.54) is 0 Å². The molecule has 178 valence electrons. The van der Waals surface area contributed by atoms with Crippen LogP contribution < -0.4 is 14.2 Å². The molecule has 0 saturated heterocycles. The van der Waals surface area contributed by atoms with Crippen molar-refractivity contribution < 1.29 is 24.1 Å². The van der Waals surface area contributed by atoms with Crippen molar-refractivity contribution in [3.63, 3.8) is 0 Å². The summed E-state index contributed by atoms with van der Waals surface area (Å²) in [5, 5.41) is 10.1. The number of nitrogens with zero attached hydrogens (tertiary/aromatic N) is 1. The molecule has 1 aromatic heterocycles. The van der Waals surface area contributed by atoms with Gasteiger partial charge in [0, 0.05) is 16.7 Å². The summed E-state index contributed by atoms with van der Waals surface area (Å²) in [6.45, 7) is 0.806. The molecule has 1 unspecified atom stereocenters. The smallest absolute Gasteiger partial charge is 0.304 e. The van der Waals surface area contributed by atoms with Crippen LogP contribution in [0.15, 0.2) is 72.8 Å². The number of aliphatic carboxylic acids is 1. The fraction of sp³-hybridized carbons (Fsp3) is 0.214. The first-order valence-corrected chi connectivity index (χ1v) is 12.4. The Morgan fingerprint density at radius 2 is 1.91 bits per heavy atom. The number of fused-ring (bicyclic) bond motifs is 3. The molecular formula is C28H25NO5S. The van der Waals surface area contributed by atoms with Crippen LogP contribution in [0.25, 0.3) is 10.9 Å². The molecule has 5 rings (SSSR count). The van der Waals surface area contributed by atoms with Gasteiger partial charge in [0.2, 0.25) is 0 Å². The van der Waals surface area contributed by atoms with E-state index in [1.807, 2.05) is 60.7 Å². The van der Waals surface area contributed by atoms with Gasteiger partial charge in [-0.05, 0) is 53.6 Å². The van der Waals surface area contributed by atoms with E-state index in [1.54, 1.807) is 18.9 Å². The van der Waals surface area contributed by atoms with Crippen LogP contribution in [-0.2, 0) is 18.0 Å². The standard InChI is InChI=1S/C28H25NO5S/c1-32-21-8-10-25-18(14-21)6-7-20(29-25)17-33-22-9-11-26-24(15-22)28(35-13-12-27(30)31)23-5-3-2-4-19(23)16-34-26/h2-11,14-15,28H,12-13,16-17H2,1H3,(H,30,31). The highest BCUT2D eigenvalue weighted by atomic mass is 32.2. The minimum absolute atomic E-state index is 0.0413. The van der Waals surface area contributed by atoms with Crippen molar-refractivity contribution in [3.8, 4) is 17.2 Å². The molecule has 0 radical (unpaired) electrons. The van der Waals surface area contributed by atoms with Gasteiger partial charge in [0.25, 0.3) is 0 Å². The predicted octanol–water partition coefficient (Wildman–Crippen LogP) is 6.01. The Hall–Kier alpha value is -3.71. The van der Waals surface area contributed by atoms with Crippen LogP contribution in [-0.4, -0.2) is 28.9 Å². The average molecular weight is 488 g/mol. The highest BCUT2D eigenvalue weighted by Crippen LogP contribution is 2.45. The molecular weight excluding hydrogens is 462 g/mol. The van der Waals surface area contributed by atoms with Crippen molar-refractivity contribution in [2.24, 2.45) is 0 Å². The second-order valence-electron chi connectivity index (χ2n) is 8.23. The lowest BCUT2D eigenvalue weighted by Crippen LogP contribution is -2.04. The first-order chi connectivity index (χ1) is 17.1. The zero-order valence-corrected chi connectivity index (χ0v) is 20.1. The van der Waals surface area contributed by atoms with Crippen molar-refractivity contribution >= 4 is 28.6 Å². The van der Waals surface area contributed by atoms with E-state index in [0.717, 1.165) is 44.8 Å². The van der Waals surface area contributed by atoms with Crippen molar-refractivity contribution in [3.05, 3.63) is 95.2 Å². The van der Waals surface area contributed by atoms with E-state index in [9.17, 15) is 4.79 Å². The maximum absolute atomic E-state index is 11.1. The minimum atomic E-state index is -0.797. The second kappa shape index (κ2) is 10.3. The largest absolute Gasteiger partial charge is 0.497 e. The number of ether oxygens (including phenoxy) is 3. The zero-order valence-electron chi connectivity index (χ0n) is 19.3. The van der Waals surface area contributed by atoms with Gasteiger partial charge in [-0.2, -0.15) is 0 Å². The van der Waals surface area contributed by atoms with Crippen LogP contribution in [0.3, 0.4) is 0 Å². The number of carboxylic acids is 1. The summed E-state index contributed by atoms with van der Waals surface area (Å²) in [5.74, 6) is 2.01. The number of rotatable bonds is 8. The molecule has 35 heavy (non-hydrogen) atoms. The molecule has 0 aliphatic carbocycles. The molecule has 4 aromatic rings. The Bertz CT molecular complexity index is 1370. The number of hydrogen-bond acceptors (Lipinski definition) is 6. The quantitative estimate of drug-likeness (QED) is 0.326. The van der Waals surface area contributed by atoms with Gasteiger partial charge >= 0.3 is 5.97 Å². The topological polar surface area (TPSA) is 77.9 Å². The molecule has 6 nitrogen and oxygen atoms in total. The Morgan fingerprint density at radius 3 is 2.77 bits per heavy atom. The summed E-state index contributed by atoms with van der Waals surface area (Å²) < 4.78 is 17.5. The minimum Gasteiger partial charge on any atom is -0.497 e. The molecule has 0 fully saturated rings. The third-order valence-corrected chi connectivity index (χ3v) is 7.21. The van der Waals surface area contributed by atoms with Crippen LogP contribution in [0.1, 0.15) is 34.1 Å². The van der Waals surface area contributed by atoms with Crippen LogP contribution in [0.2, 0.25) is 0 Å². The van der Waals surface area contributed by atoms with Crippen molar-refractivity contribution in [2.45, 2.75) is 24.9 Å². The van der Waals surface area contributed by atoms with Gasteiger partial charge in [0.15, 0.2) is 0 Å². The fourth-order valence-corrected chi connectivity index (χ4v) is 5.45. The Kier molecular flexibility index (Phi) is 6.77. The number of benzene rings is 3. The van der Waals surface area contributed by atoms with E-state index < -0.39 is 5.97 Å². The van der Waals surface area contributed by atoms with E-state index >= 15 is 0 Å². The zero-order chi connectivity index (χ0) is 24.2. The number of pyridine rings is 1. The third kappa shape index (κ3) is 5.20. The van der Waals surface area contributed by atoms with Gasteiger partial charge in [-0.3, -0.25) is 4.79 Å². The van der Waals surface area contributed by atoms with E-state index in [2.05, 4.69) is 12.1 Å². The van der Waals surface area contributed by atoms with E-state index in [0.29, 0.717) is 24.7 Å². The third-order valence-electron chi connectivity index (χ3n) is 5.93. The van der Waals surface area contributed by atoms with E-state index in [4.69, 9.17) is 24.3 Å². The Morgan fingerprint density at radius 1 is 1.06 bits per heavy atom. The predicted molar refractivity (Wildman–Crippen MR) is 136 cm³/mol. The second-order valence-corrected chi connectivity index (χ2v) is 9.44. The lowest BCUT2D eigenvalue weighted by atomic mass is 10.00. The highest BCUT2D eigenvalue weighted by molar-refractivity contribution is 7.99. The van der Waals surface area contributed by atoms with Gasteiger partial charge in [-0.1, -0.05) is 30.3 Å². The van der Waals surface area contributed by atoms with Crippen LogP contribution in [0.4, 0.5) is 0 Å². The number of hydrogen-bond donors (Lipinski definition) is 1. The normalized spacial score (nSPS) is 14.4.